The van der Waals surface area contributed by atoms with Gasteiger partial charge < -0.3 is 10.5 Å². The Morgan fingerprint density at radius 2 is 2.00 bits per heavy atom. The molecule has 3 atom stereocenters. The molecule has 0 aliphatic carbocycles. The van der Waals surface area contributed by atoms with E-state index < -0.39 is 0 Å². The third-order valence-corrected chi connectivity index (χ3v) is 3.62. The molecule has 1 aromatic rings. The molecule has 0 amide bonds. The van der Waals surface area contributed by atoms with Gasteiger partial charge in [-0.2, -0.15) is 0 Å². The molecule has 0 spiro atoms. The number of halogens is 1. The summed E-state index contributed by atoms with van der Waals surface area (Å²) in [6.45, 7) is 8.06. The first-order valence-corrected chi connectivity index (χ1v) is 6.87. The van der Waals surface area contributed by atoms with Gasteiger partial charge in [-0.25, -0.2) is 4.39 Å². The van der Waals surface area contributed by atoms with Gasteiger partial charge in [0.05, 0.1) is 18.2 Å². The molecule has 0 aromatic heterocycles. The highest BCUT2D eigenvalue weighted by Gasteiger charge is 2.29. The van der Waals surface area contributed by atoms with Crippen molar-refractivity contribution in [2.75, 3.05) is 19.6 Å². The molecule has 1 aromatic carbocycles. The molecule has 2 rings (SSSR count). The Kier molecular flexibility index (Phi) is 4.55. The molecule has 1 fully saturated rings. The summed E-state index contributed by atoms with van der Waals surface area (Å²) in [4.78, 5) is 2.23. The van der Waals surface area contributed by atoms with E-state index in [0.717, 1.165) is 18.7 Å². The third kappa shape index (κ3) is 3.32. The van der Waals surface area contributed by atoms with Crippen molar-refractivity contribution >= 4 is 0 Å². The smallest absolute Gasteiger partial charge is 0.128 e. The summed E-state index contributed by atoms with van der Waals surface area (Å²) in [7, 11) is 0. The molecule has 106 valence electrons. The van der Waals surface area contributed by atoms with Gasteiger partial charge in [-0.15, -0.1) is 0 Å². The second-order valence-corrected chi connectivity index (χ2v) is 5.49. The van der Waals surface area contributed by atoms with Crippen molar-refractivity contribution in [1.29, 1.82) is 0 Å². The third-order valence-electron chi connectivity index (χ3n) is 3.62. The van der Waals surface area contributed by atoms with Crippen molar-refractivity contribution in [3.63, 3.8) is 0 Å². The summed E-state index contributed by atoms with van der Waals surface area (Å²) in [5.41, 5.74) is 7.65. The molecule has 4 heteroatoms. The average molecular weight is 266 g/mol. The molecule has 1 aliphatic rings. The average Bonchev–Trinajstić information content (AvgIpc) is 2.33. The van der Waals surface area contributed by atoms with Crippen molar-refractivity contribution in [3.05, 3.63) is 35.1 Å². The van der Waals surface area contributed by atoms with Crippen molar-refractivity contribution in [2.24, 2.45) is 5.73 Å². The first kappa shape index (κ1) is 14.4. The van der Waals surface area contributed by atoms with E-state index in [-0.39, 0.29) is 24.1 Å². The van der Waals surface area contributed by atoms with Crippen LogP contribution in [0.2, 0.25) is 0 Å². The van der Waals surface area contributed by atoms with Crippen molar-refractivity contribution in [2.45, 2.75) is 39.0 Å². The van der Waals surface area contributed by atoms with Crippen LogP contribution >= 0.6 is 0 Å². The van der Waals surface area contributed by atoms with E-state index >= 15 is 0 Å². The number of hydrogen-bond donors (Lipinski definition) is 1. The maximum absolute atomic E-state index is 14.0. The van der Waals surface area contributed by atoms with E-state index in [0.29, 0.717) is 12.1 Å². The van der Waals surface area contributed by atoms with Gasteiger partial charge in [-0.3, -0.25) is 4.90 Å². The standard InChI is InChI=1S/C15H23FN2O/c1-10-4-5-14(16)13(6-10)15(7-17)18-8-11(2)19-12(3)9-18/h4-6,11-12,15H,7-9,17H2,1-3H3. The van der Waals surface area contributed by atoms with E-state index in [1.54, 1.807) is 6.07 Å². The minimum atomic E-state index is -0.173. The van der Waals surface area contributed by atoms with E-state index in [9.17, 15) is 4.39 Å². The lowest BCUT2D eigenvalue weighted by Gasteiger charge is -2.40. The Morgan fingerprint density at radius 1 is 1.37 bits per heavy atom. The van der Waals surface area contributed by atoms with Crippen molar-refractivity contribution in [1.82, 2.24) is 4.90 Å². The van der Waals surface area contributed by atoms with Crippen LogP contribution in [0.25, 0.3) is 0 Å². The zero-order valence-corrected chi connectivity index (χ0v) is 11.9. The molecule has 3 nitrogen and oxygen atoms in total. The maximum Gasteiger partial charge on any atom is 0.128 e. The molecule has 0 saturated carbocycles. The Hall–Kier alpha value is -0.970. The number of morpholine rings is 1. The number of nitrogens with zero attached hydrogens (tertiary/aromatic N) is 1. The van der Waals surface area contributed by atoms with Crippen LogP contribution in [0.15, 0.2) is 18.2 Å². The molecule has 3 unspecified atom stereocenters. The van der Waals surface area contributed by atoms with Gasteiger partial charge in [-0.1, -0.05) is 17.7 Å². The van der Waals surface area contributed by atoms with Gasteiger partial charge in [0.15, 0.2) is 0 Å². The summed E-state index contributed by atoms with van der Waals surface area (Å²) < 4.78 is 19.8. The number of rotatable bonds is 3. The zero-order chi connectivity index (χ0) is 14.0. The molecular weight excluding hydrogens is 243 g/mol. The van der Waals surface area contributed by atoms with E-state index in [2.05, 4.69) is 4.90 Å². The Labute approximate surface area is 114 Å². The Bertz CT molecular complexity index is 428. The minimum Gasteiger partial charge on any atom is -0.373 e. The summed E-state index contributed by atoms with van der Waals surface area (Å²) in [5, 5.41) is 0. The van der Waals surface area contributed by atoms with Crippen LogP contribution in [-0.4, -0.2) is 36.7 Å². The molecule has 19 heavy (non-hydrogen) atoms. The maximum atomic E-state index is 14.0. The highest BCUT2D eigenvalue weighted by molar-refractivity contribution is 5.27. The summed E-state index contributed by atoms with van der Waals surface area (Å²) in [5.74, 6) is -0.173. The molecule has 1 heterocycles. The minimum absolute atomic E-state index is 0.0753. The summed E-state index contributed by atoms with van der Waals surface area (Å²) in [6, 6.07) is 5.14. The molecule has 0 bridgehead atoms. The number of ether oxygens (including phenoxy) is 1. The van der Waals surface area contributed by atoms with Crippen LogP contribution in [0.1, 0.15) is 31.0 Å². The normalized spacial score (nSPS) is 26.4. The summed E-state index contributed by atoms with van der Waals surface area (Å²) >= 11 is 0. The lowest BCUT2D eigenvalue weighted by Crippen LogP contribution is -2.48. The monoisotopic (exact) mass is 266 g/mol. The topological polar surface area (TPSA) is 38.5 Å². The molecule has 1 saturated heterocycles. The van der Waals surface area contributed by atoms with Gasteiger partial charge in [0.2, 0.25) is 0 Å². The summed E-state index contributed by atoms with van der Waals surface area (Å²) in [6.07, 6.45) is 0.316. The van der Waals surface area contributed by atoms with Gasteiger partial charge in [-0.05, 0) is 26.8 Å². The van der Waals surface area contributed by atoms with Crippen LogP contribution in [-0.2, 0) is 4.74 Å². The number of aryl methyl sites for hydroxylation is 1. The largest absolute Gasteiger partial charge is 0.373 e. The molecule has 1 aliphatic heterocycles. The van der Waals surface area contributed by atoms with E-state index in [4.69, 9.17) is 10.5 Å². The molecule has 2 N–H and O–H groups in total. The fourth-order valence-corrected chi connectivity index (χ4v) is 2.86. The molecular formula is C15H23FN2O. The second-order valence-electron chi connectivity index (χ2n) is 5.49. The number of nitrogens with two attached hydrogens (primary N) is 1. The van der Waals surface area contributed by atoms with Gasteiger partial charge in [0.1, 0.15) is 5.82 Å². The lowest BCUT2D eigenvalue weighted by atomic mass is 10.0. The zero-order valence-electron chi connectivity index (χ0n) is 11.9. The number of benzene rings is 1. The van der Waals surface area contributed by atoms with Gasteiger partial charge >= 0.3 is 0 Å². The van der Waals surface area contributed by atoms with Gasteiger partial charge in [0, 0.05) is 25.2 Å². The second kappa shape index (κ2) is 5.99. The van der Waals surface area contributed by atoms with Crippen LogP contribution in [0.4, 0.5) is 4.39 Å². The quantitative estimate of drug-likeness (QED) is 0.912. The van der Waals surface area contributed by atoms with Crippen molar-refractivity contribution in [3.8, 4) is 0 Å². The highest BCUT2D eigenvalue weighted by Crippen LogP contribution is 2.26. The van der Waals surface area contributed by atoms with Crippen LogP contribution in [0.5, 0.6) is 0 Å². The predicted octanol–water partition coefficient (Wildman–Crippen LogP) is 2.24. The first-order valence-electron chi connectivity index (χ1n) is 6.87. The number of hydrogen-bond acceptors (Lipinski definition) is 3. The van der Waals surface area contributed by atoms with E-state index in [1.807, 2.05) is 26.8 Å². The fourth-order valence-electron chi connectivity index (χ4n) is 2.86. The molecule has 0 radical (unpaired) electrons. The van der Waals surface area contributed by atoms with E-state index in [1.165, 1.54) is 6.07 Å². The van der Waals surface area contributed by atoms with Crippen LogP contribution in [0, 0.1) is 12.7 Å². The van der Waals surface area contributed by atoms with Gasteiger partial charge in [0.25, 0.3) is 0 Å². The lowest BCUT2D eigenvalue weighted by molar-refractivity contribution is -0.0802. The first-order chi connectivity index (χ1) is 9.01. The van der Waals surface area contributed by atoms with Crippen LogP contribution < -0.4 is 5.73 Å². The van der Waals surface area contributed by atoms with Crippen molar-refractivity contribution < 1.29 is 9.13 Å². The fraction of sp³-hybridized carbons (Fsp3) is 0.600. The predicted molar refractivity (Wildman–Crippen MR) is 74.5 cm³/mol. The highest BCUT2D eigenvalue weighted by atomic mass is 19.1. The Balaban J connectivity index is 2.26. The van der Waals surface area contributed by atoms with Crippen LogP contribution in [0.3, 0.4) is 0 Å². The SMILES string of the molecule is Cc1ccc(F)c(C(CN)N2CC(C)OC(C)C2)c1. The Morgan fingerprint density at radius 3 is 2.58 bits per heavy atom.